The van der Waals surface area contributed by atoms with Gasteiger partial charge < -0.3 is 9.84 Å². The first kappa shape index (κ1) is 8.72. The summed E-state index contributed by atoms with van der Waals surface area (Å²) >= 11 is 0. The van der Waals surface area contributed by atoms with Crippen LogP contribution in [0.15, 0.2) is 0 Å². The Morgan fingerprint density at radius 2 is 2.29 bits per heavy atom. The fourth-order valence-corrected chi connectivity index (χ4v) is 4.19. The van der Waals surface area contributed by atoms with Crippen molar-refractivity contribution in [1.82, 2.24) is 0 Å². The molecule has 4 saturated carbocycles. The van der Waals surface area contributed by atoms with Crippen LogP contribution in [-0.2, 0) is 9.53 Å². The van der Waals surface area contributed by atoms with Crippen molar-refractivity contribution >= 4 is 5.97 Å². The number of aliphatic hydroxyl groups excluding tert-OH is 1. The fraction of sp³-hybridized carbons (Fsp3) is 0.909. The minimum atomic E-state index is -0.272. The van der Waals surface area contributed by atoms with Gasteiger partial charge >= 0.3 is 5.97 Å². The molecule has 0 aromatic heterocycles. The maximum atomic E-state index is 11.7. The zero-order chi connectivity index (χ0) is 10.1. The van der Waals surface area contributed by atoms with Crippen LogP contribution in [0.2, 0.25) is 0 Å². The molecule has 0 aromatic rings. The standard InChI is InChI=1S/C11H16O3/c1-5-3-7-8-9(12)6(5)4-11(7,8)10(13)14-2/h5-9,12H,3-4H2,1-2H3/t5-,6+,7-,8-,9-,11?/m0/s1. The molecule has 4 aliphatic rings. The largest absolute Gasteiger partial charge is 0.469 e. The lowest BCUT2D eigenvalue weighted by Crippen LogP contribution is -2.34. The lowest BCUT2D eigenvalue weighted by atomic mass is 9.73. The number of carbonyl (C=O) groups excluding carboxylic acids is 1. The highest BCUT2D eigenvalue weighted by Gasteiger charge is 2.80. The maximum absolute atomic E-state index is 11.7. The van der Waals surface area contributed by atoms with Crippen molar-refractivity contribution in [2.75, 3.05) is 7.11 Å². The number of aliphatic hydroxyl groups is 1. The first-order chi connectivity index (χ1) is 6.63. The summed E-state index contributed by atoms with van der Waals surface area (Å²) in [7, 11) is 1.45. The first-order valence-corrected chi connectivity index (χ1v) is 5.39. The summed E-state index contributed by atoms with van der Waals surface area (Å²) in [5.74, 6) is 1.46. The van der Waals surface area contributed by atoms with Crippen molar-refractivity contribution in [2.45, 2.75) is 25.9 Å². The van der Waals surface area contributed by atoms with Gasteiger partial charge in [0.1, 0.15) is 0 Å². The van der Waals surface area contributed by atoms with Gasteiger partial charge in [0.15, 0.2) is 0 Å². The van der Waals surface area contributed by atoms with Gasteiger partial charge in [-0.1, -0.05) is 6.92 Å². The van der Waals surface area contributed by atoms with Gasteiger partial charge in [-0.2, -0.15) is 0 Å². The van der Waals surface area contributed by atoms with E-state index in [1.54, 1.807) is 0 Å². The fourth-order valence-electron chi connectivity index (χ4n) is 4.19. The lowest BCUT2D eigenvalue weighted by molar-refractivity contribution is -0.149. The summed E-state index contributed by atoms with van der Waals surface area (Å²) in [5, 5.41) is 10.0. The molecule has 0 aromatic carbocycles. The van der Waals surface area contributed by atoms with Gasteiger partial charge in [-0.3, -0.25) is 4.79 Å². The molecule has 4 fully saturated rings. The molecule has 6 atom stereocenters. The average Bonchev–Trinajstić information content (AvgIpc) is 2.73. The smallest absolute Gasteiger partial charge is 0.312 e. The van der Waals surface area contributed by atoms with Crippen LogP contribution in [-0.4, -0.2) is 24.3 Å². The highest BCUT2D eigenvalue weighted by molar-refractivity contribution is 5.82. The van der Waals surface area contributed by atoms with Crippen LogP contribution in [0.4, 0.5) is 0 Å². The molecule has 0 radical (unpaired) electrons. The molecule has 3 nitrogen and oxygen atoms in total. The Morgan fingerprint density at radius 1 is 1.57 bits per heavy atom. The highest BCUT2D eigenvalue weighted by Crippen LogP contribution is 2.76. The number of fused-ring (bicyclic) bond motifs is 1. The highest BCUT2D eigenvalue weighted by atomic mass is 16.5. The van der Waals surface area contributed by atoms with Crippen LogP contribution >= 0.6 is 0 Å². The Labute approximate surface area is 83.4 Å². The molecule has 4 aliphatic carbocycles. The van der Waals surface area contributed by atoms with Crippen LogP contribution in [0.25, 0.3) is 0 Å². The Morgan fingerprint density at radius 3 is 2.79 bits per heavy atom. The van der Waals surface area contributed by atoms with Crippen LogP contribution in [0.3, 0.4) is 0 Å². The molecule has 1 unspecified atom stereocenters. The summed E-state index contributed by atoms with van der Waals surface area (Å²) in [4.78, 5) is 11.7. The number of esters is 1. The van der Waals surface area contributed by atoms with Gasteiger partial charge in [-0.15, -0.1) is 0 Å². The molecule has 0 aliphatic heterocycles. The second-order valence-electron chi connectivity index (χ2n) is 5.24. The summed E-state index contributed by atoms with van der Waals surface area (Å²) in [5.41, 5.74) is -0.272. The number of ether oxygens (including phenoxy) is 1. The number of rotatable bonds is 1. The topological polar surface area (TPSA) is 46.5 Å². The van der Waals surface area contributed by atoms with Gasteiger partial charge in [-0.25, -0.2) is 0 Å². The van der Waals surface area contributed by atoms with E-state index < -0.39 is 0 Å². The normalized spacial score (nSPS) is 58.4. The van der Waals surface area contributed by atoms with Gasteiger partial charge in [-0.05, 0) is 30.6 Å². The van der Waals surface area contributed by atoms with Crippen LogP contribution in [0.5, 0.6) is 0 Å². The minimum Gasteiger partial charge on any atom is -0.469 e. The van der Waals surface area contributed by atoms with E-state index in [0.29, 0.717) is 17.8 Å². The Balaban J connectivity index is 1.93. The number of carbonyl (C=O) groups is 1. The van der Waals surface area contributed by atoms with Crippen molar-refractivity contribution in [3.8, 4) is 0 Å². The molecule has 14 heavy (non-hydrogen) atoms. The molecule has 0 amide bonds. The van der Waals surface area contributed by atoms with E-state index in [1.807, 2.05) is 0 Å². The van der Waals surface area contributed by atoms with E-state index in [9.17, 15) is 9.90 Å². The summed E-state index contributed by atoms with van der Waals surface area (Å²) in [6, 6.07) is 0. The zero-order valence-corrected chi connectivity index (χ0v) is 8.56. The van der Waals surface area contributed by atoms with Crippen molar-refractivity contribution in [3.63, 3.8) is 0 Å². The van der Waals surface area contributed by atoms with E-state index in [2.05, 4.69) is 6.92 Å². The third-order valence-electron chi connectivity index (χ3n) is 4.88. The molecular formula is C11H16O3. The lowest BCUT2D eigenvalue weighted by Gasteiger charge is -2.33. The predicted molar refractivity (Wildman–Crippen MR) is 49.3 cm³/mol. The van der Waals surface area contributed by atoms with Crippen LogP contribution < -0.4 is 0 Å². The minimum absolute atomic E-state index is 0.0825. The van der Waals surface area contributed by atoms with E-state index in [-0.39, 0.29) is 23.4 Å². The zero-order valence-electron chi connectivity index (χ0n) is 8.56. The Kier molecular flexibility index (Phi) is 1.45. The van der Waals surface area contributed by atoms with Gasteiger partial charge in [0.2, 0.25) is 0 Å². The van der Waals surface area contributed by atoms with Crippen molar-refractivity contribution in [1.29, 1.82) is 0 Å². The van der Waals surface area contributed by atoms with Gasteiger partial charge in [0.05, 0.1) is 18.6 Å². The molecular weight excluding hydrogens is 180 g/mol. The summed E-state index contributed by atoms with van der Waals surface area (Å²) in [6.07, 6.45) is 1.71. The third-order valence-corrected chi connectivity index (χ3v) is 4.88. The van der Waals surface area contributed by atoms with Gasteiger partial charge in [0, 0.05) is 5.92 Å². The monoisotopic (exact) mass is 196 g/mol. The van der Waals surface area contributed by atoms with E-state index in [1.165, 1.54) is 7.11 Å². The Bertz CT molecular complexity index is 301. The average molecular weight is 196 g/mol. The second-order valence-corrected chi connectivity index (χ2v) is 5.24. The predicted octanol–water partition coefficient (Wildman–Crippen LogP) is 0.812. The quantitative estimate of drug-likeness (QED) is 0.631. The SMILES string of the molecule is COC(=O)C12C[C@H]3[C@H](O)[C@@H]1[C@@H]2C[C@@H]3C. The summed E-state index contributed by atoms with van der Waals surface area (Å²) < 4.78 is 4.86. The van der Waals surface area contributed by atoms with Crippen molar-refractivity contribution < 1.29 is 14.6 Å². The molecule has 78 valence electrons. The first-order valence-electron chi connectivity index (χ1n) is 5.39. The second kappa shape index (κ2) is 2.32. The van der Waals surface area contributed by atoms with Gasteiger partial charge in [0.25, 0.3) is 0 Å². The number of hydrogen-bond donors (Lipinski definition) is 1. The van der Waals surface area contributed by atoms with E-state index in [4.69, 9.17) is 4.74 Å². The molecule has 0 saturated heterocycles. The maximum Gasteiger partial charge on any atom is 0.312 e. The van der Waals surface area contributed by atoms with Crippen LogP contribution in [0, 0.1) is 29.1 Å². The summed E-state index contributed by atoms with van der Waals surface area (Å²) in [6.45, 7) is 2.18. The van der Waals surface area contributed by atoms with E-state index in [0.717, 1.165) is 12.8 Å². The molecule has 0 heterocycles. The molecule has 0 spiro atoms. The molecule has 1 N–H and O–H groups in total. The third kappa shape index (κ3) is 0.691. The molecule has 3 heteroatoms. The molecule has 4 rings (SSSR count). The van der Waals surface area contributed by atoms with Crippen LogP contribution in [0.1, 0.15) is 19.8 Å². The Hall–Kier alpha value is -0.570. The number of hydrogen-bond acceptors (Lipinski definition) is 3. The molecule has 4 bridgehead atoms. The van der Waals surface area contributed by atoms with Crippen molar-refractivity contribution in [2.24, 2.45) is 29.1 Å². The van der Waals surface area contributed by atoms with Crippen molar-refractivity contribution in [3.05, 3.63) is 0 Å². The number of methoxy groups -OCH3 is 1. The van der Waals surface area contributed by atoms with E-state index >= 15 is 0 Å².